The number of carbonyl (C=O) groups excluding carboxylic acids is 1. The summed E-state index contributed by atoms with van der Waals surface area (Å²) in [5.41, 5.74) is 0.716. The minimum Gasteiger partial charge on any atom is -0.292 e. The third kappa shape index (κ3) is 1.30. The molecule has 1 heterocycles. The van der Waals surface area contributed by atoms with E-state index >= 15 is 0 Å². The van der Waals surface area contributed by atoms with Crippen molar-refractivity contribution < 1.29 is 4.79 Å². The molecule has 3 nitrogen and oxygen atoms in total. The standard InChI is InChI=1S/C10H5ClN2O/c11-7-1-2-9-8(3-7)10(14)6(4-12)5-13-9/h1-3,5,8H. The average molecular weight is 205 g/mol. The van der Waals surface area contributed by atoms with E-state index in [2.05, 4.69) is 4.99 Å². The van der Waals surface area contributed by atoms with Crippen LogP contribution in [0.15, 0.2) is 40.0 Å². The van der Waals surface area contributed by atoms with E-state index in [0.29, 0.717) is 10.7 Å². The highest BCUT2D eigenvalue weighted by Crippen LogP contribution is 2.24. The van der Waals surface area contributed by atoms with Gasteiger partial charge in [0.2, 0.25) is 0 Å². The van der Waals surface area contributed by atoms with Crippen LogP contribution in [0.2, 0.25) is 0 Å². The highest BCUT2D eigenvalue weighted by atomic mass is 35.5. The summed E-state index contributed by atoms with van der Waals surface area (Å²) in [6, 6.07) is 1.81. The smallest absolute Gasteiger partial charge is 0.187 e. The summed E-state index contributed by atoms with van der Waals surface area (Å²) in [5, 5.41) is 9.14. The van der Waals surface area contributed by atoms with Crippen LogP contribution in [0.25, 0.3) is 0 Å². The van der Waals surface area contributed by atoms with Gasteiger partial charge >= 0.3 is 0 Å². The van der Waals surface area contributed by atoms with Gasteiger partial charge in [0, 0.05) is 11.2 Å². The highest BCUT2D eigenvalue weighted by molar-refractivity contribution is 6.33. The summed E-state index contributed by atoms with van der Waals surface area (Å²) in [4.78, 5) is 15.6. The zero-order chi connectivity index (χ0) is 10.1. The van der Waals surface area contributed by atoms with Crippen LogP contribution in [-0.4, -0.2) is 11.5 Å². The Labute approximate surface area is 85.7 Å². The normalized spacial score (nSPS) is 24.4. The molecule has 0 saturated carbocycles. The predicted octanol–water partition coefficient (Wildman–Crippen LogP) is 1.73. The number of Topliss-reactive ketones (excluding diaryl/α,β-unsaturated/α-hetero) is 1. The Morgan fingerprint density at radius 3 is 3.00 bits per heavy atom. The fourth-order valence-electron chi connectivity index (χ4n) is 1.36. The van der Waals surface area contributed by atoms with Crippen LogP contribution in [0.5, 0.6) is 0 Å². The maximum Gasteiger partial charge on any atom is 0.187 e. The van der Waals surface area contributed by atoms with Gasteiger partial charge in [-0.25, -0.2) is 0 Å². The number of nitrogens with zero attached hydrogens (tertiary/aromatic N) is 2. The lowest BCUT2D eigenvalue weighted by molar-refractivity contribution is -0.116. The fraction of sp³-hybridized carbons (Fsp3) is 0.100. The zero-order valence-corrected chi connectivity index (χ0v) is 7.82. The molecule has 0 amide bonds. The topological polar surface area (TPSA) is 53.2 Å². The van der Waals surface area contributed by atoms with Gasteiger partial charge in [-0.3, -0.25) is 9.79 Å². The Morgan fingerprint density at radius 1 is 1.50 bits per heavy atom. The molecule has 0 aromatic heterocycles. The molecule has 0 aromatic carbocycles. The molecule has 2 aliphatic rings. The molecular formula is C10H5ClN2O. The van der Waals surface area contributed by atoms with Crippen LogP contribution in [0.3, 0.4) is 0 Å². The molecule has 0 fully saturated rings. The van der Waals surface area contributed by atoms with E-state index in [1.165, 1.54) is 6.20 Å². The van der Waals surface area contributed by atoms with Crippen molar-refractivity contribution in [2.45, 2.75) is 0 Å². The number of hydrogen-bond donors (Lipinski definition) is 0. The minimum absolute atomic E-state index is 0.0785. The number of fused-ring (bicyclic) bond motifs is 1. The first kappa shape index (κ1) is 8.92. The molecule has 0 N–H and O–H groups in total. The Bertz CT molecular complexity index is 463. The summed E-state index contributed by atoms with van der Waals surface area (Å²) >= 11 is 5.76. The summed E-state index contributed by atoms with van der Waals surface area (Å²) < 4.78 is 0. The van der Waals surface area contributed by atoms with Gasteiger partial charge in [0.25, 0.3) is 0 Å². The lowest BCUT2D eigenvalue weighted by Crippen LogP contribution is -2.26. The third-order valence-electron chi connectivity index (χ3n) is 2.07. The van der Waals surface area contributed by atoms with E-state index in [-0.39, 0.29) is 11.4 Å². The number of ketones is 1. The monoisotopic (exact) mass is 204 g/mol. The molecule has 0 radical (unpaired) electrons. The molecule has 1 unspecified atom stereocenters. The first-order valence-electron chi connectivity index (χ1n) is 4.00. The first-order chi connectivity index (χ1) is 6.72. The van der Waals surface area contributed by atoms with Crippen molar-refractivity contribution in [3.05, 3.63) is 35.0 Å². The van der Waals surface area contributed by atoms with Crippen molar-refractivity contribution >= 4 is 23.1 Å². The van der Waals surface area contributed by atoms with Crippen molar-refractivity contribution in [3.63, 3.8) is 0 Å². The van der Waals surface area contributed by atoms with Gasteiger partial charge in [0.1, 0.15) is 11.6 Å². The molecule has 0 spiro atoms. The molecule has 1 aliphatic heterocycles. The first-order valence-corrected chi connectivity index (χ1v) is 4.38. The maximum absolute atomic E-state index is 11.6. The summed E-state index contributed by atoms with van der Waals surface area (Å²) in [6.07, 6.45) is 6.27. The lowest BCUT2D eigenvalue weighted by atomic mass is 9.89. The largest absolute Gasteiger partial charge is 0.292 e. The molecular weight excluding hydrogens is 200 g/mol. The number of rotatable bonds is 0. The number of hydrogen-bond acceptors (Lipinski definition) is 3. The van der Waals surface area contributed by atoms with Gasteiger partial charge in [0.05, 0.1) is 11.6 Å². The van der Waals surface area contributed by atoms with Crippen LogP contribution in [0.1, 0.15) is 0 Å². The van der Waals surface area contributed by atoms with E-state index in [0.717, 1.165) is 0 Å². The van der Waals surface area contributed by atoms with Crippen LogP contribution in [0, 0.1) is 17.2 Å². The molecule has 4 heteroatoms. The molecule has 14 heavy (non-hydrogen) atoms. The van der Waals surface area contributed by atoms with Gasteiger partial charge in [-0.05, 0) is 18.2 Å². The van der Waals surface area contributed by atoms with Crippen molar-refractivity contribution in [2.75, 3.05) is 0 Å². The van der Waals surface area contributed by atoms with Gasteiger partial charge in [-0.15, -0.1) is 0 Å². The van der Waals surface area contributed by atoms with Crippen molar-refractivity contribution in [3.8, 4) is 6.07 Å². The van der Waals surface area contributed by atoms with E-state index in [4.69, 9.17) is 16.9 Å². The number of aliphatic imine (C=N–C) groups is 1. The zero-order valence-electron chi connectivity index (χ0n) is 7.07. The minimum atomic E-state index is -0.479. The Balaban J connectivity index is 2.47. The van der Waals surface area contributed by atoms with E-state index in [1.54, 1.807) is 18.2 Å². The number of nitriles is 1. The summed E-state index contributed by atoms with van der Waals surface area (Å²) in [7, 11) is 0. The van der Waals surface area contributed by atoms with Gasteiger partial charge in [0.15, 0.2) is 5.78 Å². The lowest BCUT2D eigenvalue weighted by Gasteiger charge is -2.17. The summed E-state index contributed by atoms with van der Waals surface area (Å²) in [5.74, 6) is -0.716. The second kappa shape index (κ2) is 3.24. The fourth-order valence-corrected chi connectivity index (χ4v) is 1.55. The second-order valence-electron chi connectivity index (χ2n) is 2.94. The Kier molecular flexibility index (Phi) is 2.06. The number of carbonyl (C=O) groups is 1. The van der Waals surface area contributed by atoms with Gasteiger partial charge < -0.3 is 0 Å². The number of allylic oxidation sites excluding steroid dienone is 5. The molecule has 2 rings (SSSR count). The maximum atomic E-state index is 11.6. The predicted molar refractivity (Wildman–Crippen MR) is 52.7 cm³/mol. The van der Waals surface area contributed by atoms with Crippen LogP contribution < -0.4 is 0 Å². The quantitative estimate of drug-likeness (QED) is 0.603. The molecule has 1 atom stereocenters. The Morgan fingerprint density at radius 2 is 2.29 bits per heavy atom. The molecule has 0 saturated heterocycles. The van der Waals surface area contributed by atoms with Crippen LogP contribution >= 0.6 is 11.6 Å². The molecule has 1 aliphatic carbocycles. The van der Waals surface area contributed by atoms with Crippen LogP contribution in [0.4, 0.5) is 0 Å². The second-order valence-corrected chi connectivity index (χ2v) is 3.37. The van der Waals surface area contributed by atoms with Crippen molar-refractivity contribution in [1.82, 2.24) is 0 Å². The number of halogens is 1. The Hall–Kier alpha value is -1.66. The van der Waals surface area contributed by atoms with Gasteiger partial charge in [-0.2, -0.15) is 5.26 Å². The van der Waals surface area contributed by atoms with Crippen molar-refractivity contribution in [1.29, 1.82) is 5.26 Å². The summed E-state index contributed by atoms with van der Waals surface area (Å²) in [6.45, 7) is 0. The van der Waals surface area contributed by atoms with E-state index in [1.807, 2.05) is 6.07 Å². The highest BCUT2D eigenvalue weighted by Gasteiger charge is 2.28. The molecule has 0 aromatic rings. The van der Waals surface area contributed by atoms with Crippen molar-refractivity contribution in [2.24, 2.45) is 10.9 Å². The average Bonchev–Trinajstić information content (AvgIpc) is 2.20. The molecule has 68 valence electrons. The van der Waals surface area contributed by atoms with Crippen LogP contribution in [-0.2, 0) is 4.79 Å². The SMILES string of the molecule is N#CC1=CN=C2C=CC(Cl)=CC2C1=O. The van der Waals surface area contributed by atoms with E-state index < -0.39 is 5.92 Å². The van der Waals surface area contributed by atoms with Gasteiger partial charge in [-0.1, -0.05) is 11.6 Å². The van der Waals surface area contributed by atoms with E-state index in [9.17, 15) is 4.79 Å². The molecule has 0 bridgehead atoms. The third-order valence-corrected chi connectivity index (χ3v) is 2.32.